The molecular formula is C23H23ClN4O2. The fraction of sp³-hybridized carbons (Fsp3) is 0.304. The second kappa shape index (κ2) is 7.78. The van der Waals surface area contributed by atoms with Crippen LogP contribution in [0.15, 0.2) is 54.7 Å². The quantitative estimate of drug-likeness (QED) is 0.679. The first kappa shape index (κ1) is 19.2. The number of fused-ring (bicyclic) bond motifs is 2. The number of nitrogens with one attached hydrogen (secondary N) is 2. The Kier molecular flexibility index (Phi) is 4.97. The number of rotatable bonds is 4. The summed E-state index contributed by atoms with van der Waals surface area (Å²) in [6.45, 7) is 2.46. The zero-order valence-corrected chi connectivity index (χ0v) is 17.2. The number of benzene rings is 2. The van der Waals surface area contributed by atoms with Crippen molar-refractivity contribution >= 4 is 34.3 Å². The summed E-state index contributed by atoms with van der Waals surface area (Å²) < 4.78 is 0. The van der Waals surface area contributed by atoms with Crippen molar-refractivity contribution in [2.75, 3.05) is 19.6 Å². The number of hydrogen-bond donors (Lipinski definition) is 2. The first-order valence-corrected chi connectivity index (χ1v) is 10.6. The summed E-state index contributed by atoms with van der Waals surface area (Å²) >= 11 is 6.29. The normalized spacial score (nSPS) is 22.2. The number of carbonyl (C=O) groups is 2. The van der Waals surface area contributed by atoms with Crippen LogP contribution in [0, 0.1) is 0 Å². The number of carbonyl (C=O) groups excluding carboxylic acids is 2. The van der Waals surface area contributed by atoms with E-state index in [0.717, 1.165) is 33.6 Å². The highest BCUT2D eigenvalue weighted by atomic mass is 35.5. The summed E-state index contributed by atoms with van der Waals surface area (Å²) in [6, 6.07) is 14.8. The van der Waals surface area contributed by atoms with Crippen molar-refractivity contribution in [1.82, 2.24) is 20.1 Å². The van der Waals surface area contributed by atoms with E-state index in [1.165, 1.54) is 0 Å². The molecule has 0 radical (unpaired) electrons. The van der Waals surface area contributed by atoms with E-state index in [9.17, 15) is 9.59 Å². The van der Waals surface area contributed by atoms with E-state index in [2.05, 4.69) is 15.2 Å². The lowest BCUT2D eigenvalue weighted by Gasteiger charge is -2.45. The molecule has 0 aliphatic carbocycles. The molecule has 0 bridgehead atoms. The van der Waals surface area contributed by atoms with Crippen molar-refractivity contribution in [2.45, 2.75) is 25.0 Å². The molecule has 6 nitrogen and oxygen atoms in total. The molecule has 2 aliphatic rings. The number of nitrogens with zero attached hydrogens (tertiary/aromatic N) is 2. The van der Waals surface area contributed by atoms with Gasteiger partial charge in [0, 0.05) is 54.7 Å². The molecule has 2 fully saturated rings. The molecule has 154 valence electrons. The Balaban J connectivity index is 1.29. The van der Waals surface area contributed by atoms with Gasteiger partial charge in [0.15, 0.2) is 0 Å². The van der Waals surface area contributed by atoms with Gasteiger partial charge in [-0.3, -0.25) is 14.5 Å². The molecular weight excluding hydrogens is 400 g/mol. The molecule has 2 aliphatic heterocycles. The Hall–Kier alpha value is -2.83. The van der Waals surface area contributed by atoms with E-state index >= 15 is 0 Å². The van der Waals surface area contributed by atoms with Crippen LogP contribution >= 0.6 is 11.6 Å². The molecule has 0 saturated carbocycles. The highest BCUT2D eigenvalue weighted by Crippen LogP contribution is 2.24. The molecule has 2 aromatic carbocycles. The third-order valence-electron chi connectivity index (χ3n) is 6.12. The lowest BCUT2D eigenvalue weighted by atomic mass is 9.98. The van der Waals surface area contributed by atoms with Crippen LogP contribution in [0.4, 0.5) is 0 Å². The standard InChI is InChI=1S/C23H23ClN4O2/c24-18-7-3-1-5-15(18)13-27-9-10-28-21(14-27)22(29)26-20(23(28)30)11-16-12-25-19-8-4-2-6-17(16)19/h1-8,12,20-21,25H,9-11,13-14H2,(H,26,29)/t20-,21+/m0/s1. The van der Waals surface area contributed by atoms with Crippen molar-refractivity contribution in [3.8, 4) is 0 Å². The molecule has 2 N–H and O–H groups in total. The van der Waals surface area contributed by atoms with E-state index in [1.54, 1.807) is 4.90 Å². The molecule has 5 rings (SSSR count). The van der Waals surface area contributed by atoms with Gasteiger partial charge in [-0.05, 0) is 23.3 Å². The number of amides is 2. The van der Waals surface area contributed by atoms with Crippen molar-refractivity contribution in [1.29, 1.82) is 0 Å². The van der Waals surface area contributed by atoms with Crippen molar-refractivity contribution in [3.05, 3.63) is 70.9 Å². The number of hydrogen-bond acceptors (Lipinski definition) is 3. The molecule has 7 heteroatoms. The van der Waals surface area contributed by atoms with Crippen LogP contribution in [0.3, 0.4) is 0 Å². The Morgan fingerprint density at radius 2 is 1.80 bits per heavy atom. The van der Waals surface area contributed by atoms with E-state index in [4.69, 9.17) is 11.6 Å². The van der Waals surface area contributed by atoms with Gasteiger partial charge in [-0.15, -0.1) is 0 Å². The molecule has 2 amide bonds. The summed E-state index contributed by atoms with van der Waals surface area (Å²) in [4.78, 5) is 33.2. The highest BCUT2D eigenvalue weighted by Gasteiger charge is 2.43. The van der Waals surface area contributed by atoms with Crippen LogP contribution in [-0.2, 0) is 22.6 Å². The van der Waals surface area contributed by atoms with E-state index in [0.29, 0.717) is 26.1 Å². The maximum atomic E-state index is 13.1. The van der Waals surface area contributed by atoms with Crippen LogP contribution < -0.4 is 5.32 Å². The Labute approximate surface area is 179 Å². The van der Waals surface area contributed by atoms with Gasteiger partial charge in [0.25, 0.3) is 0 Å². The van der Waals surface area contributed by atoms with E-state index < -0.39 is 12.1 Å². The number of para-hydroxylation sites is 1. The second-order valence-electron chi connectivity index (χ2n) is 8.00. The summed E-state index contributed by atoms with van der Waals surface area (Å²) in [7, 11) is 0. The largest absolute Gasteiger partial charge is 0.361 e. The summed E-state index contributed by atoms with van der Waals surface area (Å²) in [5.41, 5.74) is 3.11. The zero-order valence-electron chi connectivity index (χ0n) is 16.5. The van der Waals surface area contributed by atoms with Crippen LogP contribution in [0.1, 0.15) is 11.1 Å². The first-order chi connectivity index (χ1) is 14.6. The molecule has 1 aromatic heterocycles. The second-order valence-corrected chi connectivity index (χ2v) is 8.41. The maximum Gasteiger partial charge on any atom is 0.246 e. The fourth-order valence-electron chi connectivity index (χ4n) is 4.53. The SMILES string of the molecule is O=C1N[C@@H](Cc2c[nH]c3ccccc23)C(=O)N2CCN(Cc3ccccc3Cl)C[C@H]12. The third kappa shape index (κ3) is 3.46. The minimum Gasteiger partial charge on any atom is -0.361 e. The van der Waals surface area contributed by atoms with Crippen LogP contribution in [0.5, 0.6) is 0 Å². The predicted octanol–water partition coefficient (Wildman–Crippen LogP) is 2.58. The van der Waals surface area contributed by atoms with Crippen molar-refractivity contribution in [3.63, 3.8) is 0 Å². The van der Waals surface area contributed by atoms with Gasteiger partial charge >= 0.3 is 0 Å². The minimum atomic E-state index is -0.525. The predicted molar refractivity (Wildman–Crippen MR) is 116 cm³/mol. The lowest BCUT2D eigenvalue weighted by Crippen LogP contribution is -2.69. The third-order valence-corrected chi connectivity index (χ3v) is 6.48. The maximum absolute atomic E-state index is 13.1. The van der Waals surface area contributed by atoms with E-state index in [-0.39, 0.29) is 11.8 Å². The lowest BCUT2D eigenvalue weighted by molar-refractivity contribution is -0.153. The van der Waals surface area contributed by atoms with Gasteiger partial charge < -0.3 is 15.2 Å². The van der Waals surface area contributed by atoms with Gasteiger partial charge in [0.2, 0.25) is 11.8 Å². The van der Waals surface area contributed by atoms with Crippen molar-refractivity contribution in [2.24, 2.45) is 0 Å². The summed E-state index contributed by atoms with van der Waals surface area (Å²) in [5.74, 6) is -0.0782. The van der Waals surface area contributed by atoms with Gasteiger partial charge in [0.1, 0.15) is 12.1 Å². The van der Waals surface area contributed by atoms with Crippen LogP contribution in [0.2, 0.25) is 5.02 Å². The number of piperazine rings is 2. The average Bonchev–Trinajstić information content (AvgIpc) is 3.16. The summed E-state index contributed by atoms with van der Waals surface area (Å²) in [5, 5.41) is 4.78. The van der Waals surface area contributed by atoms with Crippen LogP contribution in [0.25, 0.3) is 10.9 Å². The molecule has 2 saturated heterocycles. The van der Waals surface area contributed by atoms with E-state index in [1.807, 2.05) is 54.7 Å². The van der Waals surface area contributed by atoms with Gasteiger partial charge in [-0.1, -0.05) is 48.0 Å². The molecule has 3 aromatic rings. The number of halogens is 1. The number of aromatic nitrogens is 1. The van der Waals surface area contributed by atoms with Gasteiger partial charge in [-0.2, -0.15) is 0 Å². The Morgan fingerprint density at radius 1 is 1.00 bits per heavy atom. The van der Waals surface area contributed by atoms with Crippen molar-refractivity contribution < 1.29 is 9.59 Å². The van der Waals surface area contributed by atoms with Crippen LogP contribution in [-0.4, -0.2) is 58.3 Å². The highest BCUT2D eigenvalue weighted by molar-refractivity contribution is 6.31. The Morgan fingerprint density at radius 3 is 2.67 bits per heavy atom. The Bertz CT molecular complexity index is 1110. The van der Waals surface area contributed by atoms with Gasteiger partial charge in [-0.25, -0.2) is 0 Å². The average molecular weight is 423 g/mol. The first-order valence-electron chi connectivity index (χ1n) is 10.2. The molecule has 0 unspecified atom stereocenters. The minimum absolute atomic E-state index is 0.00211. The molecule has 3 heterocycles. The molecule has 2 atom stereocenters. The van der Waals surface area contributed by atoms with Gasteiger partial charge in [0.05, 0.1) is 0 Å². The molecule has 30 heavy (non-hydrogen) atoms. The topological polar surface area (TPSA) is 68.4 Å². The number of H-pyrrole nitrogens is 1. The fourth-order valence-corrected chi connectivity index (χ4v) is 4.72. The zero-order chi connectivity index (χ0) is 20.7. The summed E-state index contributed by atoms with van der Waals surface area (Å²) in [6.07, 6.45) is 2.42. The smallest absolute Gasteiger partial charge is 0.246 e. The number of aromatic amines is 1. The monoisotopic (exact) mass is 422 g/mol. The molecule has 0 spiro atoms.